The maximum atomic E-state index is 12.4. The van der Waals surface area contributed by atoms with Crippen molar-refractivity contribution in [3.8, 4) is 5.75 Å². The lowest BCUT2D eigenvalue weighted by Gasteiger charge is -2.08. The molecule has 0 fully saturated rings. The lowest BCUT2D eigenvalue weighted by atomic mass is 10.0. The Hall–Kier alpha value is -1.52. The summed E-state index contributed by atoms with van der Waals surface area (Å²) in [5, 5.41) is 0.461. The smallest absolute Gasteiger partial charge is 0.195 e. The Labute approximate surface area is 124 Å². The maximum absolute atomic E-state index is 12.4. The number of methoxy groups -OCH3 is 1. The van der Waals surface area contributed by atoms with Gasteiger partial charge in [0, 0.05) is 21.3 Å². The van der Waals surface area contributed by atoms with Crippen LogP contribution in [0, 0.1) is 0 Å². The van der Waals surface area contributed by atoms with Crippen LogP contribution in [0.5, 0.6) is 5.75 Å². The van der Waals surface area contributed by atoms with Gasteiger partial charge in [-0.25, -0.2) is 0 Å². The molecule has 0 radical (unpaired) electrons. The summed E-state index contributed by atoms with van der Waals surface area (Å²) in [6, 6.07) is 10.0. The van der Waals surface area contributed by atoms with Gasteiger partial charge in [0.1, 0.15) is 5.75 Å². The molecule has 0 saturated heterocycles. The maximum Gasteiger partial charge on any atom is 0.195 e. The first-order valence-electron chi connectivity index (χ1n) is 5.46. The van der Waals surface area contributed by atoms with Gasteiger partial charge in [-0.3, -0.25) is 4.79 Å². The van der Waals surface area contributed by atoms with Gasteiger partial charge in [-0.05, 0) is 36.4 Å². The van der Waals surface area contributed by atoms with E-state index in [0.717, 1.165) is 4.47 Å². The Balaban J connectivity index is 2.44. The number of ether oxygens (including phenoxy) is 1. The van der Waals surface area contributed by atoms with Crippen molar-refractivity contribution in [3.63, 3.8) is 0 Å². The van der Waals surface area contributed by atoms with Gasteiger partial charge >= 0.3 is 0 Å². The summed E-state index contributed by atoms with van der Waals surface area (Å²) in [4.78, 5) is 12.4. The molecule has 0 atom stereocenters. The first kappa shape index (κ1) is 13.9. The number of hydrogen-bond acceptors (Lipinski definition) is 3. The molecule has 19 heavy (non-hydrogen) atoms. The summed E-state index contributed by atoms with van der Waals surface area (Å²) >= 11 is 9.24. The molecule has 0 aliphatic carbocycles. The Morgan fingerprint density at radius 2 is 2.00 bits per heavy atom. The van der Waals surface area contributed by atoms with E-state index in [2.05, 4.69) is 15.9 Å². The number of carbonyl (C=O) groups is 1. The molecule has 2 aromatic rings. The minimum atomic E-state index is -0.167. The molecule has 0 bridgehead atoms. The van der Waals surface area contributed by atoms with E-state index < -0.39 is 0 Å². The van der Waals surface area contributed by atoms with Crippen molar-refractivity contribution in [3.05, 3.63) is 57.0 Å². The van der Waals surface area contributed by atoms with E-state index in [1.54, 1.807) is 36.4 Å². The molecule has 0 saturated carbocycles. The van der Waals surface area contributed by atoms with Crippen LogP contribution in [0.1, 0.15) is 15.9 Å². The molecule has 0 amide bonds. The van der Waals surface area contributed by atoms with Crippen LogP contribution in [-0.2, 0) is 0 Å². The molecule has 0 spiro atoms. The summed E-state index contributed by atoms with van der Waals surface area (Å²) in [5.74, 6) is 0.295. The predicted octanol–water partition coefficient (Wildman–Crippen LogP) is 3.92. The number of carbonyl (C=O) groups excluding carboxylic acids is 1. The van der Waals surface area contributed by atoms with Crippen molar-refractivity contribution in [2.24, 2.45) is 0 Å². The molecule has 2 N–H and O–H groups in total. The number of rotatable bonds is 3. The van der Waals surface area contributed by atoms with E-state index in [-0.39, 0.29) is 5.78 Å². The van der Waals surface area contributed by atoms with Gasteiger partial charge in [0.25, 0.3) is 0 Å². The van der Waals surface area contributed by atoms with Crippen LogP contribution >= 0.6 is 27.5 Å². The van der Waals surface area contributed by atoms with Crippen molar-refractivity contribution >= 4 is 39.0 Å². The number of ketones is 1. The van der Waals surface area contributed by atoms with E-state index >= 15 is 0 Å². The molecule has 5 heteroatoms. The number of hydrogen-bond donors (Lipinski definition) is 1. The highest BCUT2D eigenvalue weighted by Gasteiger charge is 2.14. The van der Waals surface area contributed by atoms with E-state index in [4.69, 9.17) is 22.1 Å². The van der Waals surface area contributed by atoms with Crippen LogP contribution in [0.4, 0.5) is 5.69 Å². The lowest BCUT2D eigenvalue weighted by Crippen LogP contribution is -2.05. The molecular weight excluding hydrogens is 330 g/mol. The van der Waals surface area contributed by atoms with Gasteiger partial charge in [-0.15, -0.1) is 0 Å². The van der Waals surface area contributed by atoms with Gasteiger partial charge < -0.3 is 10.5 Å². The fourth-order valence-electron chi connectivity index (χ4n) is 1.70. The highest BCUT2D eigenvalue weighted by Crippen LogP contribution is 2.27. The first-order chi connectivity index (χ1) is 9.02. The SMILES string of the molecule is COc1cc(C(=O)c2ccc(Br)cc2N)ccc1Cl. The molecule has 2 rings (SSSR count). The zero-order valence-electron chi connectivity index (χ0n) is 10.1. The van der Waals surface area contributed by atoms with E-state index in [0.29, 0.717) is 27.6 Å². The quantitative estimate of drug-likeness (QED) is 0.680. The second-order valence-electron chi connectivity index (χ2n) is 3.91. The molecule has 0 aromatic heterocycles. The summed E-state index contributed by atoms with van der Waals surface area (Å²) in [7, 11) is 1.50. The highest BCUT2D eigenvalue weighted by atomic mass is 79.9. The Kier molecular flexibility index (Phi) is 4.12. The average molecular weight is 341 g/mol. The molecule has 2 aromatic carbocycles. The summed E-state index contributed by atoms with van der Waals surface area (Å²) < 4.78 is 5.93. The third-order valence-electron chi connectivity index (χ3n) is 2.67. The fourth-order valence-corrected chi connectivity index (χ4v) is 2.27. The second kappa shape index (κ2) is 5.63. The second-order valence-corrected chi connectivity index (χ2v) is 5.23. The molecule has 98 valence electrons. The number of benzene rings is 2. The molecule has 3 nitrogen and oxygen atoms in total. The van der Waals surface area contributed by atoms with E-state index in [9.17, 15) is 4.79 Å². The van der Waals surface area contributed by atoms with Gasteiger partial charge in [0.2, 0.25) is 0 Å². The standard InChI is InChI=1S/C14H11BrClNO2/c1-19-13-6-8(2-5-11(13)16)14(18)10-4-3-9(15)7-12(10)17/h2-7H,17H2,1H3. The monoisotopic (exact) mass is 339 g/mol. The number of nitrogen functional groups attached to an aromatic ring is 1. The topological polar surface area (TPSA) is 52.3 Å². The van der Waals surface area contributed by atoms with Crippen LogP contribution < -0.4 is 10.5 Å². The molecule has 0 aliphatic rings. The summed E-state index contributed by atoms with van der Waals surface area (Å²) in [6.45, 7) is 0. The van der Waals surface area contributed by atoms with E-state index in [1.807, 2.05) is 0 Å². The van der Waals surface area contributed by atoms with Gasteiger partial charge in [-0.2, -0.15) is 0 Å². The van der Waals surface area contributed by atoms with Crippen LogP contribution in [0.25, 0.3) is 0 Å². The Morgan fingerprint density at radius 3 is 2.63 bits per heavy atom. The molecule has 0 aliphatic heterocycles. The first-order valence-corrected chi connectivity index (χ1v) is 6.63. The fraction of sp³-hybridized carbons (Fsp3) is 0.0714. The lowest BCUT2D eigenvalue weighted by molar-refractivity contribution is 0.103. The third-order valence-corrected chi connectivity index (χ3v) is 3.48. The van der Waals surface area contributed by atoms with Crippen molar-refractivity contribution < 1.29 is 9.53 Å². The number of nitrogens with two attached hydrogens (primary N) is 1. The van der Waals surface area contributed by atoms with Gasteiger partial charge in [-0.1, -0.05) is 27.5 Å². The van der Waals surface area contributed by atoms with Crippen molar-refractivity contribution in [2.45, 2.75) is 0 Å². The zero-order valence-corrected chi connectivity index (χ0v) is 12.5. The van der Waals surface area contributed by atoms with Gasteiger partial charge in [0.05, 0.1) is 12.1 Å². The Morgan fingerprint density at radius 1 is 1.26 bits per heavy atom. The van der Waals surface area contributed by atoms with Crippen LogP contribution in [-0.4, -0.2) is 12.9 Å². The van der Waals surface area contributed by atoms with Crippen molar-refractivity contribution in [2.75, 3.05) is 12.8 Å². The number of anilines is 1. The normalized spacial score (nSPS) is 10.3. The minimum Gasteiger partial charge on any atom is -0.495 e. The van der Waals surface area contributed by atoms with Gasteiger partial charge in [0.15, 0.2) is 5.78 Å². The number of halogens is 2. The van der Waals surface area contributed by atoms with Crippen molar-refractivity contribution in [1.82, 2.24) is 0 Å². The highest BCUT2D eigenvalue weighted by molar-refractivity contribution is 9.10. The Bertz CT molecular complexity index is 643. The van der Waals surface area contributed by atoms with Crippen LogP contribution in [0.2, 0.25) is 5.02 Å². The van der Waals surface area contributed by atoms with Crippen LogP contribution in [0.15, 0.2) is 40.9 Å². The predicted molar refractivity (Wildman–Crippen MR) is 80.0 cm³/mol. The summed E-state index contributed by atoms with van der Waals surface area (Å²) in [6.07, 6.45) is 0. The molecule has 0 unspecified atom stereocenters. The molecular formula is C14H11BrClNO2. The molecule has 0 heterocycles. The van der Waals surface area contributed by atoms with E-state index in [1.165, 1.54) is 7.11 Å². The third kappa shape index (κ3) is 2.91. The largest absolute Gasteiger partial charge is 0.495 e. The zero-order chi connectivity index (χ0) is 14.0. The van der Waals surface area contributed by atoms with Crippen LogP contribution in [0.3, 0.4) is 0 Å². The van der Waals surface area contributed by atoms with Crippen molar-refractivity contribution in [1.29, 1.82) is 0 Å². The minimum absolute atomic E-state index is 0.167. The average Bonchev–Trinajstić information content (AvgIpc) is 2.38. The summed E-state index contributed by atoms with van der Waals surface area (Å²) in [5.41, 5.74) is 7.21.